The largest absolute Gasteiger partial charge is 0.0720 e. The second-order valence-electron chi connectivity index (χ2n) is 14.4. The molecule has 0 aliphatic heterocycles. The van der Waals surface area contributed by atoms with E-state index in [2.05, 4.69) is 206 Å². The van der Waals surface area contributed by atoms with Crippen molar-refractivity contribution in [1.29, 1.82) is 0 Å². The molecule has 0 atom stereocenters. The Morgan fingerprint density at radius 2 is 0.830 bits per heavy atom. The molecular weight excluding hydrogens is 637 g/mol. The van der Waals surface area contributed by atoms with Crippen molar-refractivity contribution in [3.63, 3.8) is 0 Å². The zero-order valence-electron chi connectivity index (χ0n) is 29.1. The van der Waals surface area contributed by atoms with E-state index in [1.807, 2.05) is 0 Å². The molecule has 0 spiro atoms. The lowest BCUT2D eigenvalue weighted by molar-refractivity contribution is 0.776. The van der Waals surface area contributed by atoms with Crippen molar-refractivity contribution in [1.82, 2.24) is 0 Å². The molecule has 0 fully saturated rings. The van der Waals surface area contributed by atoms with Crippen LogP contribution in [0.15, 0.2) is 206 Å². The highest BCUT2D eigenvalue weighted by Crippen LogP contribution is 2.61. The maximum atomic E-state index is 2.55. The molecule has 0 N–H and O–H groups in total. The van der Waals surface area contributed by atoms with Gasteiger partial charge in [-0.05, 0) is 117 Å². The summed E-state index contributed by atoms with van der Waals surface area (Å²) in [5.74, 6) is 0. The Bertz CT molecular complexity index is 2990. The van der Waals surface area contributed by atoms with Gasteiger partial charge in [0.1, 0.15) is 0 Å². The second-order valence-corrected chi connectivity index (χ2v) is 14.4. The molecule has 0 heteroatoms. The van der Waals surface area contributed by atoms with Gasteiger partial charge in [-0.3, -0.25) is 0 Å². The van der Waals surface area contributed by atoms with E-state index in [1.165, 1.54) is 98.7 Å². The third kappa shape index (κ3) is 4.30. The highest BCUT2D eigenvalue weighted by atomic mass is 14.5. The summed E-state index contributed by atoms with van der Waals surface area (Å²) in [6.07, 6.45) is 0. The van der Waals surface area contributed by atoms with Crippen molar-refractivity contribution in [2.24, 2.45) is 0 Å². The van der Waals surface area contributed by atoms with Gasteiger partial charge in [0.15, 0.2) is 0 Å². The fourth-order valence-corrected chi connectivity index (χ4v) is 9.51. The van der Waals surface area contributed by atoms with Gasteiger partial charge in [0.2, 0.25) is 0 Å². The summed E-state index contributed by atoms with van der Waals surface area (Å²) >= 11 is 0. The number of hydrogen-bond acceptors (Lipinski definition) is 0. The van der Waals surface area contributed by atoms with Gasteiger partial charge in [-0.25, -0.2) is 0 Å². The smallest absolute Gasteiger partial charge is 0.0622 e. The van der Waals surface area contributed by atoms with Crippen LogP contribution in [0.5, 0.6) is 0 Å². The molecule has 0 amide bonds. The van der Waals surface area contributed by atoms with Crippen LogP contribution in [0.2, 0.25) is 0 Å². The standard InChI is InChI=1S/C53H34/c1-4-16-35(17-5-1)47-33-39(50-43-26-14-12-20-38(43)32-48-42-25-13-10-18-36(42)28-30-45(48)50)34-49-51(47)46-31-29-37-19-11-15-27-44(37)52(46)53(49,40-21-6-2-7-22-40)41-23-8-3-9-24-41/h1-34H. The fourth-order valence-electron chi connectivity index (χ4n) is 9.51. The number of fused-ring (bicyclic) bond motifs is 9. The van der Waals surface area contributed by atoms with Crippen molar-refractivity contribution in [3.8, 4) is 33.4 Å². The Balaban J connectivity index is 1.37. The molecule has 0 heterocycles. The van der Waals surface area contributed by atoms with Crippen LogP contribution in [0, 0.1) is 0 Å². The summed E-state index contributed by atoms with van der Waals surface area (Å²) in [6, 6.07) is 76.9. The van der Waals surface area contributed by atoms with E-state index in [4.69, 9.17) is 0 Å². The Labute approximate surface area is 309 Å². The molecule has 0 unspecified atom stereocenters. The molecule has 10 aromatic rings. The topological polar surface area (TPSA) is 0 Å². The Hall–Kier alpha value is -6.76. The average Bonchev–Trinajstić information content (AvgIpc) is 3.55. The maximum absolute atomic E-state index is 2.55. The van der Waals surface area contributed by atoms with E-state index in [9.17, 15) is 0 Å². The van der Waals surface area contributed by atoms with Gasteiger partial charge in [-0.15, -0.1) is 0 Å². The van der Waals surface area contributed by atoms with Gasteiger partial charge in [-0.2, -0.15) is 0 Å². The van der Waals surface area contributed by atoms with Gasteiger partial charge in [0.05, 0.1) is 5.41 Å². The molecule has 246 valence electrons. The fraction of sp³-hybridized carbons (Fsp3) is 0.0189. The van der Waals surface area contributed by atoms with E-state index in [-0.39, 0.29) is 0 Å². The highest BCUT2D eigenvalue weighted by Gasteiger charge is 2.48. The van der Waals surface area contributed by atoms with Crippen molar-refractivity contribution in [2.75, 3.05) is 0 Å². The van der Waals surface area contributed by atoms with Gasteiger partial charge in [0.25, 0.3) is 0 Å². The molecule has 0 saturated heterocycles. The third-order valence-electron chi connectivity index (χ3n) is 11.7. The van der Waals surface area contributed by atoms with Gasteiger partial charge in [0, 0.05) is 0 Å². The summed E-state index contributed by atoms with van der Waals surface area (Å²) in [5.41, 5.74) is 12.2. The third-order valence-corrected chi connectivity index (χ3v) is 11.7. The Morgan fingerprint density at radius 1 is 0.283 bits per heavy atom. The first kappa shape index (κ1) is 29.9. The first-order valence-corrected chi connectivity index (χ1v) is 18.5. The summed E-state index contributed by atoms with van der Waals surface area (Å²) in [7, 11) is 0. The van der Waals surface area contributed by atoms with E-state index < -0.39 is 5.41 Å². The van der Waals surface area contributed by atoms with Crippen LogP contribution in [0.1, 0.15) is 22.3 Å². The molecule has 0 nitrogen and oxygen atoms in total. The summed E-state index contributed by atoms with van der Waals surface area (Å²) < 4.78 is 0. The molecule has 1 aliphatic carbocycles. The summed E-state index contributed by atoms with van der Waals surface area (Å²) in [6.45, 7) is 0. The quantitative estimate of drug-likeness (QED) is 0.129. The van der Waals surface area contributed by atoms with Crippen LogP contribution in [-0.4, -0.2) is 0 Å². The van der Waals surface area contributed by atoms with Crippen molar-refractivity contribution in [3.05, 3.63) is 229 Å². The van der Waals surface area contributed by atoms with Gasteiger partial charge in [-0.1, -0.05) is 188 Å². The van der Waals surface area contributed by atoms with E-state index >= 15 is 0 Å². The van der Waals surface area contributed by atoms with Crippen LogP contribution < -0.4 is 0 Å². The molecule has 0 saturated carbocycles. The van der Waals surface area contributed by atoms with E-state index in [1.54, 1.807) is 0 Å². The minimum absolute atomic E-state index is 0.569. The molecule has 0 radical (unpaired) electrons. The predicted octanol–water partition coefficient (Wildman–Crippen LogP) is 14.0. The zero-order chi connectivity index (χ0) is 34.9. The molecule has 0 bridgehead atoms. The van der Waals surface area contributed by atoms with Crippen LogP contribution >= 0.6 is 0 Å². The number of benzene rings is 10. The van der Waals surface area contributed by atoms with Crippen molar-refractivity contribution >= 4 is 43.1 Å². The van der Waals surface area contributed by atoms with Crippen LogP contribution in [0.4, 0.5) is 0 Å². The normalized spacial score (nSPS) is 13.1. The second kappa shape index (κ2) is 11.6. The van der Waals surface area contributed by atoms with Crippen LogP contribution in [0.3, 0.4) is 0 Å². The van der Waals surface area contributed by atoms with E-state index in [0.29, 0.717) is 0 Å². The lowest BCUT2D eigenvalue weighted by Gasteiger charge is -2.35. The Kier molecular flexibility index (Phi) is 6.57. The van der Waals surface area contributed by atoms with Gasteiger partial charge < -0.3 is 0 Å². The molecule has 0 aromatic heterocycles. The first-order chi connectivity index (χ1) is 26.3. The van der Waals surface area contributed by atoms with Gasteiger partial charge >= 0.3 is 0 Å². The SMILES string of the molecule is c1ccc(-c2cc(-c3c4ccccc4cc4c3ccc3ccccc34)cc3c2-c2ccc4ccccc4c2C3(c2ccccc2)c2ccccc2)cc1. The lowest BCUT2D eigenvalue weighted by atomic mass is 9.66. The lowest BCUT2D eigenvalue weighted by Crippen LogP contribution is -2.29. The zero-order valence-corrected chi connectivity index (χ0v) is 29.1. The minimum Gasteiger partial charge on any atom is -0.0622 e. The number of rotatable bonds is 4. The predicted molar refractivity (Wildman–Crippen MR) is 225 cm³/mol. The van der Waals surface area contributed by atoms with Crippen LogP contribution in [-0.2, 0) is 5.41 Å². The first-order valence-electron chi connectivity index (χ1n) is 18.5. The van der Waals surface area contributed by atoms with E-state index in [0.717, 1.165) is 0 Å². The maximum Gasteiger partial charge on any atom is 0.0720 e. The Morgan fingerprint density at radius 3 is 1.53 bits per heavy atom. The monoisotopic (exact) mass is 670 g/mol. The summed E-state index contributed by atoms with van der Waals surface area (Å²) in [4.78, 5) is 0. The highest BCUT2D eigenvalue weighted by molar-refractivity contribution is 6.20. The molecule has 53 heavy (non-hydrogen) atoms. The van der Waals surface area contributed by atoms with Crippen LogP contribution in [0.25, 0.3) is 76.5 Å². The molecule has 11 rings (SSSR count). The molecule has 1 aliphatic rings. The summed E-state index contributed by atoms with van der Waals surface area (Å²) in [5, 5.41) is 10.1. The molecule has 10 aromatic carbocycles. The van der Waals surface area contributed by atoms with Crippen molar-refractivity contribution in [2.45, 2.75) is 5.41 Å². The van der Waals surface area contributed by atoms with Crippen molar-refractivity contribution < 1.29 is 0 Å². The number of hydrogen-bond donors (Lipinski definition) is 0. The molecular formula is C53H34. The average molecular weight is 671 g/mol. The minimum atomic E-state index is -0.569.